The number of carbonyl (C=O) groups excluding carboxylic acids is 5. The zero-order valence-electron chi connectivity index (χ0n) is 59.3. The van der Waals surface area contributed by atoms with Crippen molar-refractivity contribution in [3.8, 4) is 10.4 Å². The van der Waals surface area contributed by atoms with Gasteiger partial charge in [-0.15, -0.1) is 0 Å². The van der Waals surface area contributed by atoms with Crippen molar-refractivity contribution in [3.05, 3.63) is 131 Å². The minimum atomic E-state index is -4.59. The van der Waals surface area contributed by atoms with Gasteiger partial charge in [0.05, 0.1) is 54.1 Å². The number of nitrogens with zero attached hydrogens (tertiary/aromatic N) is 4. The molecule has 8 N–H and O–H groups in total. The topological polar surface area (TPSA) is 328 Å². The van der Waals surface area contributed by atoms with Crippen LogP contribution in [0.25, 0.3) is 20.4 Å². The number of carboxylic acid groups (broad SMARTS) is 1. The molecule has 6 aromatic rings. The molecule has 4 aromatic carbocycles. The number of aliphatic carboxylic acids is 1. The molecule has 33 heteroatoms. The Morgan fingerprint density at radius 2 is 1.04 bits per heavy atom. The third-order valence-corrected chi connectivity index (χ3v) is 27.1. The highest BCUT2D eigenvalue weighted by Crippen LogP contribution is 2.49. The number of allylic oxidation sites excluding steroid dienone is 2. The van der Waals surface area contributed by atoms with Crippen LogP contribution < -0.4 is 40.6 Å². The first kappa shape index (κ1) is 78.2. The van der Waals surface area contributed by atoms with Crippen molar-refractivity contribution in [2.45, 2.75) is 213 Å². The van der Waals surface area contributed by atoms with E-state index >= 15 is 0 Å². The molecular weight excluding hydrogens is 1480 g/mol. The second kappa shape index (κ2) is 30.6. The molecule has 107 heavy (non-hydrogen) atoms. The number of carbonyl (C=O) groups is 6. The molecule has 23 nitrogen and oxygen atoms in total. The Morgan fingerprint density at radius 3 is 1.45 bits per heavy atom. The minimum absolute atomic E-state index is 0.0239. The molecule has 0 unspecified atom stereocenters. The van der Waals surface area contributed by atoms with Crippen molar-refractivity contribution in [2.24, 2.45) is 17.0 Å². The lowest BCUT2D eigenvalue weighted by atomic mass is 10.0. The average molecular weight is 1570 g/mol. The molecular formula is C74H86F6N10O13S4. The van der Waals surface area contributed by atoms with E-state index in [1.165, 1.54) is 56.7 Å². The number of thiazole rings is 2. The number of ether oxygens (including phenoxy) is 2. The van der Waals surface area contributed by atoms with Crippen LogP contribution in [0.5, 0.6) is 10.4 Å². The largest absolute Gasteiger partial charge is 0.479 e. The molecule has 4 aliphatic carbocycles. The number of aryl methyl sites for hydroxylation is 2. The summed E-state index contributed by atoms with van der Waals surface area (Å²) in [5.74, 6) is -5.02. The number of primary sulfonamides is 1. The molecule has 2 aromatic heterocycles. The second-order valence-electron chi connectivity index (χ2n) is 29.8. The van der Waals surface area contributed by atoms with Gasteiger partial charge in [0.2, 0.25) is 43.7 Å². The van der Waals surface area contributed by atoms with Crippen molar-refractivity contribution in [1.29, 1.82) is 0 Å². The third kappa shape index (κ3) is 18.0. The van der Waals surface area contributed by atoms with Gasteiger partial charge in [-0.1, -0.05) is 96.9 Å². The fourth-order valence-electron chi connectivity index (χ4n) is 13.9. The molecule has 0 bridgehead atoms. The monoisotopic (exact) mass is 1560 g/mol. The van der Waals surface area contributed by atoms with Crippen LogP contribution in [0, 0.1) is 25.7 Å². The fraction of sp³-hybridized carbons (Fsp3) is 0.514. The van der Waals surface area contributed by atoms with Crippen molar-refractivity contribution < 1.29 is 86.5 Å². The number of hydrogen-bond acceptors (Lipinski definition) is 18. The van der Waals surface area contributed by atoms with Gasteiger partial charge in [-0.25, -0.2) is 36.7 Å². The summed E-state index contributed by atoms with van der Waals surface area (Å²) in [6, 6.07) is 16.8. The van der Waals surface area contributed by atoms with E-state index in [1.54, 1.807) is 13.8 Å². The van der Waals surface area contributed by atoms with E-state index in [-0.39, 0.29) is 62.5 Å². The number of halogens is 6. The van der Waals surface area contributed by atoms with Crippen LogP contribution in [0.1, 0.15) is 152 Å². The Bertz CT molecular complexity index is 4700. The Balaban J connectivity index is 0.000000182. The molecule has 0 spiro atoms. The van der Waals surface area contributed by atoms with Gasteiger partial charge in [-0.05, 0) is 177 Å². The number of sulfonamides is 2. The van der Waals surface area contributed by atoms with Crippen molar-refractivity contribution >= 4 is 110 Å². The summed E-state index contributed by atoms with van der Waals surface area (Å²) in [7, 11) is -7.24. The first-order chi connectivity index (χ1) is 50.4. The van der Waals surface area contributed by atoms with Gasteiger partial charge in [0.25, 0.3) is 16.3 Å². The summed E-state index contributed by atoms with van der Waals surface area (Å²) in [4.78, 5) is 94.9. The highest BCUT2D eigenvalue weighted by atomic mass is 32.2. The van der Waals surface area contributed by atoms with Gasteiger partial charge in [-0.3, -0.25) is 28.7 Å². The van der Waals surface area contributed by atoms with Crippen LogP contribution in [0.15, 0.2) is 109 Å². The number of fused-ring (bicyclic) bond motifs is 6. The lowest BCUT2D eigenvalue weighted by molar-refractivity contribution is -0.145. The molecule has 5 amide bonds. The summed E-state index contributed by atoms with van der Waals surface area (Å²) in [5, 5.41) is 27.3. The van der Waals surface area contributed by atoms with Crippen LogP contribution >= 0.6 is 22.7 Å². The van der Waals surface area contributed by atoms with Crippen molar-refractivity contribution in [2.75, 3.05) is 23.7 Å². The molecule has 0 radical (unpaired) electrons. The predicted molar refractivity (Wildman–Crippen MR) is 391 cm³/mol. The average Bonchev–Trinajstić information content (AvgIpc) is 1.57. The van der Waals surface area contributed by atoms with Gasteiger partial charge >= 0.3 is 18.3 Å². The second-order valence-corrected chi connectivity index (χ2v) is 36.0. The van der Waals surface area contributed by atoms with E-state index in [9.17, 15) is 77.1 Å². The molecule has 6 fully saturated rings. The van der Waals surface area contributed by atoms with Crippen molar-refractivity contribution in [1.82, 2.24) is 35.1 Å². The summed E-state index contributed by atoms with van der Waals surface area (Å²) in [6.07, 6.45) is 6.12. The Kier molecular flexibility index (Phi) is 22.3. The van der Waals surface area contributed by atoms with Crippen LogP contribution in [-0.4, -0.2) is 147 Å². The maximum atomic E-state index is 14.5. The number of rotatable bonds is 13. The number of hydrogen-bond donors (Lipinski definition) is 7. The highest BCUT2D eigenvalue weighted by Gasteiger charge is 2.64. The van der Waals surface area contributed by atoms with Crippen LogP contribution in [-0.2, 0) is 61.2 Å². The van der Waals surface area contributed by atoms with Crippen LogP contribution in [0.3, 0.4) is 0 Å². The van der Waals surface area contributed by atoms with Gasteiger partial charge < -0.3 is 45.6 Å². The lowest BCUT2D eigenvalue weighted by Crippen LogP contribution is -2.58. The van der Waals surface area contributed by atoms with E-state index in [0.29, 0.717) is 55.3 Å². The van der Waals surface area contributed by atoms with E-state index in [1.807, 2.05) is 74.5 Å². The standard InChI is InChI=1S/C37H42F3N5O6S2.C33H35F3N4O5S.C4H9NO2S/c1-22-13-14-27-30(17-22)52-34(42-27)51-26-19-29-31(46)43-36(33(48)44-53(49,50)35(2)15-16-35)20-24(36)9-6-4-3-5-7-12-28(32(47)45(29)21-26)41-25-11-8-10-23(18-25)37(38,39)40;1-19-12-13-24-27(14-19)46-31(38-24)45-23-16-26-28(41)39-32(30(43)44)17-21(32)8-5-3-2-4-6-11-25(29(42)40(26)18-23)37-22-10-7-9-20(15-22)33(34,35)36;1-4(2-3-4)8(5,6)7/h6,8-11,13-14,17-18,24,26,28-29,41H,3-5,7,12,15-16,19-21H2,1-2H3,(H,43,46)(H,44,48);5,7-10,12-15,21,23,25-26,37H,2-4,6,11,16-18H2,1H3,(H,39,41)(H,43,44);2-3H2,1H3,(H2,5,6,7)/b9-6-;8-5-;/t24-,26-,28+,29+,36-;21-,23-,25+,26+,32-;/m11./s1. The third-order valence-electron chi connectivity index (χ3n) is 21.4. The quantitative estimate of drug-likeness (QED) is 0.0417. The van der Waals surface area contributed by atoms with E-state index in [2.05, 4.69) is 36.0 Å². The highest BCUT2D eigenvalue weighted by molar-refractivity contribution is 7.91. The molecule has 8 aliphatic rings. The number of alkyl halides is 6. The lowest BCUT2D eigenvalue weighted by Gasteiger charge is -2.30. The molecule has 10 atom stereocenters. The fourth-order valence-corrected chi connectivity index (χ4v) is 17.9. The van der Waals surface area contributed by atoms with Gasteiger partial charge in [-0.2, -0.15) is 26.3 Å². The van der Waals surface area contributed by atoms with Crippen LogP contribution in [0.2, 0.25) is 0 Å². The molecule has 576 valence electrons. The first-order valence-electron chi connectivity index (χ1n) is 35.8. The zero-order chi connectivity index (χ0) is 76.8. The summed E-state index contributed by atoms with van der Waals surface area (Å²) < 4.78 is 143. The zero-order valence-corrected chi connectivity index (χ0v) is 62.5. The number of amides is 5. The maximum absolute atomic E-state index is 14.5. The minimum Gasteiger partial charge on any atom is -0.479 e. The summed E-state index contributed by atoms with van der Waals surface area (Å²) in [6.45, 7) is 7.17. The Morgan fingerprint density at radius 1 is 0.607 bits per heavy atom. The van der Waals surface area contributed by atoms with E-state index in [0.717, 1.165) is 94.4 Å². The Hall–Kier alpha value is -8.40. The summed E-state index contributed by atoms with van der Waals surface area (Å²) >= 11 is 2.68. The van der Waals surface area contributed by atoms with E-state index in [4.69, 9.17) is 14.6 Å². The van der Waals surface area contributed by atoms with Crippen LogP contribution in [0.4, 0.5) is 37.7 Å². The number of nitrogens with one attached hydrogen (secondary N) is 5. The predicted octanol–water partition coefficient (Wildman–Crippen LogP) is 11.6. The number of anilines is 2. The first-order valence-corrected chi connectivity index (χ1v) is 40.5. The summed E-state index contributed by atoms with van der Waals surface area (Å²) in [5.41, 5.74) is -0.851. The van der Waals surface area contributed by atoms with Gasteiger partial charge in [0.1, 0.15) is 47.5 Å². The molecule has 2 saturated heterocycles. The molecule has 6 heterocycles. The Labute approximate surface area is 623 Å². The number of aromatic nitrogens is 2. The number of benzene rings is 4. The van der Waals surface area contributed by atoms with E-state index < -0.39 is 142 Å². The SMILES string of the molecule is CC1(S(N)(=O)=O)CC1.Cc1ccc2nc(O[C@@H]3C[C@H]4C(=O)N[C@]5(C(=O)NS(=O)(=O)C6(C)CC6)C[C@H]5/C=C\CCCCC[C@H](Nc5cccc(C(F)(F)F)c5)C(=O)N4C3)sc2c1.Cc1ccc2nc(O[C@@H]3C[C@H]4C(=O)N[C@]5(C(=O)O)C[C@H]5/C=C\CCCCC[C@H](Nc5cccc(C(F)(F)F)c5)C(=O)N4C3)sc2c1. The number of carboxylic acids is 1. The molecule has 4 saturated carbocycles. The maximum Gasteiger partial charge on any atom is 0.416 e. The molecule has 14 rings (SSSR count). The number of nitrogens with two attached hydrogens (primary N) is 1. The normalized spacial score (nSPS) is 27.8. The van der Waals surface area contributed by atoms with Gasteiger partial charge in [0, 0.05) is 36.1 Å². The van der Waals surface area contributed by atoms with Gasteiger partial charge in [0.15, 0.2) is 0 Å². The molecule has 4 aliphatic heterocycles. The smallest absolute Gasteiger partial charge is 0.416 e. The van der Waals surface area contributed by atoms with Crippen molar-refractivity contribution in [3.63, 3.8) is 0 Å².